The number of halogens is 2. The van der Waals surface area contributed by atoms with Crippen LogP contribution >= 0.6 is 23.2 Å². The summed E-state index contributed by atoms with van der Waals surface area (Å²) in [7, 11) is 0. The highest BCUT2D eigenvalue weighted by molar-refractivity contribution is 6.40. The molecular weight excluding hydrogens is 275 g/mol. The highest BCUT2D eigenvalue weighted by Gasteiger charge is 2.07. The molecule has 94 valence electrons. The second-order valence-electron chi connectivity index (χ2n) is 3.76. The van der Waals surface area contributed by atoms with Gasteiger partial charge in [-0.25, -0.2) is 4.98 Å². The molecule has 0 aliphatic heterocycles. The number of rotatable bonds is 3. The Labute approximate surface area is 113 Å². The van der Waals surface area contributed by atoms with Gasteiger partial charge in [0.2, 0.25) is 0 Å². The Hall–Kier alpha value is -1.36. The van der Waals surface area contributed by atoms with Crippen LogP contribution in [-0.4, -0.2) is 14.7 Å². The van der Waals surface area contributed by atoms with Gasteiger partial charge in [-0.15, -0.1) is 0 Å². The van der Waals surface area contributed by atoms with E-state index in [0.717, 1.165) is 11.1 Å². The molecule has 0 bridgehead atoms. The lowest BCUT2D eigenvalue weighted by Gasteiger charge is -2.06. The van der Waals surface area contributed by atoms with Crippen molar-refractivity contribution in [1.29, 1.82) is 0 Å². The van der Waals surface area contributed by atoms with Crippen LogP contribution in [0.5, 0.6) is 0 Å². The number of benzene rings is 1. The largest absolute Gasteiger partial charge is 0.392 e. The number of nitrogens with zero attached hydrogens (tertiary/aromatic N) is 2. The summed E-state index contributed by atoms with van der Waals surface area (Å²) in [6.07, 6.45) is 1.36. The molecule has 2 rings (SSSR count). The van der Waals surface area contributed by atoms with Crippen LogP contribution in [0.15, 0.2) is 35.4 Å². The van der Waals surface area contributed by atoms with E-state index < -0.39 is 0 Å². The van der Waals surface area contributed by atoms with Crippen molar-refractivity contribution in [2.24, 2.45) is 0 Å². The average Bonchev–Trinajstić information content (AvgIpc) is 2.40. The molecule has 0 amide bonds. The van der Waals surface area contributed by atoms with Crippen molar-refractivity contribution in [1.82, 2.24) is 9.55 Å². The van der Waals surface area contributed by atoms with Crippen LogP contribution in [0, 0.1) is 0 Å². The smallest absolute Gasteiger partial charge is 0.273 e. The Balaban J connectivity index is 2.28. The SMILES string of the molecule is O=c1c(Cl)c(Cl)ncn1Cc1ccc(CO)cc1. The summed E-state index contributed by atoms with van der Waals surface area (Å²) >= 11 is 11.4. The van der Waals surface area contributed by atoms with Crippen LogP contribution < -0.4 is 5.56 Å². The van der Waals surface area contributed by atoms with Crippen molar-refractivity contribution in [2.45, 2.75) is 13.2 Å². The maximum atomic E-state index is 11.8. The van der Waals surface area contributed by atoms with Crippen LogP contribution in [0.2, 0.25) is 10.2 Å². The third kappa shape index (κ3) is 2.72. The van der Waals surface area contributed by atoms with E-state index in [4.69, 9.17) is 28.3 Å². The normalized spacial score (nSPS) is 10.6. The molecule has 18 heavy (non-hydrogen) atoms. The Morgan fingerprint density at radius 1 is 1.17 bits per heavy atom. The Kier molecular flexibility index (Phi) is 4.01. The zero-order valence-corrected chi connectivity index (χ0v) is 10.8. The number of hydrogen-bond acceptors (Lipinski definition) is 3. The van der Waals surface area contributed by atoms with Gasteiger partial charge in [-0.3, -0.25) is 9.36 Å². The third-order valence-electron chi connectivity index (χ3n) is 2.50. The van der Waals surface area contributed by atoms with Gasteiger partial charge in [0.15, 0.2) is 5.15 Å². The van der Waals surface area contributed by atoms with E-state index in [-0.39, 0.29) is 22.3 Å². The van der Waals surface area contributed by atoms with Gasteiger partial charge in [0.25, 0.3) is 5.56 Å². The number of aromatic nitrogens is 2. The minimum atomic E-state index is -0.372. The third-order valence-corrected chi connectivity index (χ3v) is 3.22. The second-order valence-corrected chi connectivity index (χ2v) is 4.49. The van der Waals surface area contributed by atoms with Crippen molar-refractivity contribution >= 4 is 23.2 Å². The molecule has 1 aromatic heterocycles. The number of aliphatic hydroxyl groups excluding tert-OH is 1. The molecule has 0 saturated carbocycles. The van der Waals surface area contributed by atoms with Gasteiger partial charge in [-0.1, -0.05) is 47.5 Å². The van der Waals surface area contributed by atoms with Crippen LogP contribution in [0.25, 0.3) is 0 Å². The summed E-state index contributed by atoms with van der Waals surface area (Å²) in [5.41, 5.74) is 1.36. The molecule has 1 heterocycles. The highest BCUT2D eigenvalue weighted by atomic mass is 35.5. The van der Waals surface area contributed by atoms with E-state index in [1.54, 1.807) is 12.1 Å². The van der Waals surface area contributed by atoms with Gasteiger partial charge < -0.3 is 5.11 Å². The fraction of sp³-hybridized carbons (Fsp3) is 0.167. The Morgan fingerprint density at radius 2 is 1.78 bits per heavy atom. The average molecular weight is 285 g/mol. The lowest BCUT2D eigenvalue weighted by molar-refractivity contribution is 0.282. The topological polar surface area (TPSA) is 55.1 Å². The van der Waals surface area contributed by atoms with Crippen molar-refractivity contribution in [3.63, 3.8) is 0 Å². The summed E-state index contributed by atoms with van der Waals surface area (Å²) in [6.45, 7) is 0.350. The van der Waals surface area contributed by atoms with E-state index in [2.05, 4.69) is 4.98 Å². The summed E-state index contributed by atoms with van der Waals surface area (Å²) in [5, 5.41) is 8.86. The van der Waals surface area contributed by atoms with Crippen molar-refractivity contribution in [3.8, 4) is 0 Å². The lowest BCUT2D eigenvalue weighted by atomic mass is 10.1. The van der Waals surface area contributed by atoms with Crippen LogP contribution in [0.1, 0.15) is 11.1 Å². The van der Waals surface area contributed by atoms with Gasteiger partial charge in [0, 0.05) is 0 Å². The molecule has 0 aliphatic carbocycles. The monoisotopic (exact) mass is 284 g/mol. The van der Waals surface area contributed by atoms with E-state index in [0.29, 0.717) is 6.54 Å². The standard InChI is InChI=1S/C12H10Cl2N2O2/c13-10-11(14)15-7-16(12(10)18)5-8-1-3-9(6-17)4-2-8/h1-4,7,17H,5-6H2. The first-order chi connectivity index (χ1) is 8.61. The molecule has 0 spiro atoms. The molecule has 0 fully saturated rings. The fourth-order valence-corrected chi connectivity index (χ4v) is 1.79. The maximum Gasteiger partial charge on any atom is 0.273 e. The predicted molar refractivity (Wildman–Crippen MR) is 70.0 cm³/mol. The zero-order valence-electron chi connectivity index (χ0n) is 9.31. The molecule has 0 unspecified atom stereocenters. The van der Waals surface area contributed by atoms with Gasteiger partial charge in [-0.05, 0) is 11.1 Å². The van der Waals surface area contributed by atoms with Gasteiger partial charge in [0.1, 0.15) is 5.02 Å². The summed E-state index contributed by atoms with van der Waals surface area (Å²) in [4.78, 5) is 15.6. The van der Waals surface area contributed by atoms with Crippen LogP contribution in [0.4, 0.5) is 0 Å². The van der Waals surface area contributed by atoms with Crippen molar-refractivity contribution in [3.05, 3.63) is 62.2 Å². The van der Waals surface area contributed by atoms with Crippen molar-refractivity contribution in [2.75, 3.05) is 0 Å². The van der Waals surface area contributed by atoms with Gasteiger partial charge >= 0.3 is 0 Å². The van der Waals surface area contributed by atoms with E-state index >= 15 is 0 Å². The van der Waals surface area contributed by atoms with Crippen LogP contribution in [0.3, 0.4) is 0 Å². The maximum absolute atomic E-state index is 11.8. The number of hydrogen-bond donors (Lipinski definition) is 1. The molecular formula is C12H10Cl2N2O2. The second kappa shape index (κ2) is 5.52. The van der Waals surface area contributed by atoms with Gasteiger partial charge in [-0.2, -0.15) is 0 Å². The molecule has 1 aromatic carbocycles. The predicted octanol–water partition coefficient (Wildman–Crippen LogP) is 2.09. The summed E-state index contributed by atoms with van der Waals surface area (Å²) < 4.78 is 1.38. The Morgan fingerprint density at radius 3 is 2.39 bits per heavy atom. The highest BCUT2D eigenvalue weighted by Crippen LogP contribution is 2.13. The fourth-order valence-electron chi connectivity index (χ4n) is 1.50. The van der Waals surface area contributed by atoms with E-state index in [9.17, 15) is 4.79 Å². The summed E-state index contributed by atoms with van der Waals surface area (Å²) in [5.74, 6) is 0. The van der Waals surface area contributed by atoms with Crippen molar-refractivity contribution < 1.29 is 5.11 Å². The lowest BCUT2D eigenvalue weighted by Crippen LogP contribution is -2.21. The molecule has 0 atom stereocenters. The van der Waals surface area contributed by atoms with Crippen LogP contribution in [-0.2, 0) is 13.2 Å². The minimum absolute atomic E-state index is 0.00540. The van der Waals surface area contributed by atoms with Gasteiger partial charge in [0.05, 0.1) is 19.5 Å². The number of aliphatic hydroxyl groups is 1. The minimum Gasteiger partial charge on any atom is -0.392 e. The zero-order chi connectivity index (χ0) is 13.1. The quantitative estimate of drug-likeness (QED) is 0.878. The molecule has 6 heteroatoms. The van der Waals surface area contributed by atoms with E-state index in [1.807, 2.05) is 12.1 Å². The molecule has 2 aromatic rings. The first-order valence-corrected chi connectivity index (χ1v) is 5.96. The molecule has 0 saturated heterocycles. The first-order valence-electron chi connectivity index (χ1n) is 5.21. The molecule has 0 aliphatic rings. The van der Waals surface area contributed by atoms with E-state index in [1.165, 1.54) is 10.9 Å². The Bertz CT molecular complexity index is 608. The summed E-state index contributed by atoms with van der Waals surface area (Å²) in [6, 6.07) is 7.26. The first kappa shape index (κ1) is 13.1. The molecule has 4 nitrogen and oxygen atoms in total. The molecule has 1 N–H and O–H groups in total. The molecule has 0 radical (unpaired) electrons.